The third-order valence-electron chi connectivity index (χ3n) is 6.25. The molecule has 0 spiro atoms. The number of aliphatic hydroxyl groups is 2. The summed E-state index contributed by atoms with van der Waals surface area (Å²) < 4.78 is 44.1. The maximum absolute atomic E-state index is 13.5. The predicted molar refractivity (Wildman–Crippen MR) is 141 cm³/mol. The molecule has 1 saturated heterocycles. The molecule has 11 heteroatoms. The topological polar surface area (TPSA) is 135 Å². The summed E-state index contributed by atoms with van der Waals surface area (Å²) in [7, 11) is -2.46. The first kappa shape index (κ1) is 29.9. The van der Waals surface area contributed by atoms with Crippen LogP contribution in [0.2, 0.25) is 0 Å². The van der Waals surface area contributed by atoms with Crippen molar-refractivity contribution in [1.82, 2.24) is 9.62 Å². The number of hydrogen-bond donors (Lipinski definition) is 3. The van der Waals surface area contributed by atoms with E-state index in [0.717, 1.165) is 5.56 Å². The molecule has 1 fully saturated rings. The van der Waals surface area contributed by atoms with Crippen molar-refractivity contribution < 1.29 is 37.6 Å². The number of alkyl carbamates (subject to hydrolysis) is 1. The number of amides is 1. The third-order valence-corrected chi connectivity index (χ3v) is 8.10. The molecule has 1 amide bonds. The molecule has 210 valence electrons. The van der Waals surface area contributed by atoms with Gasteiger partial charge in [0.2, 0.25) is 10.0 Å². The van der Waals surface area contributed by atoms with E-state index in [4.69, 9.17) is 14.2 Å². The van der Waals surface area contributed by atoms with Gasteiger partial charge >= 0.3 is 6.09 Å². The number of ether oxygens (including phenoxy) is 3. The molecule has 0 saturated carbocycles. The van der Waals surface area contributed by atoms with Crippen LogP contribution in [-0.2, 0) is 25.9 Å². The molecule has 2 aromatic rings. The second kappa shape index (κ2) is 13.9. The number of methoxy groups -OCH3 is 1. The van der Waals surface area contributed by atoms with Gasteiger partial charge in [0.25, 0.3) is 0 Å². The zero-order valence-electron chi connectivity index (χ0n) is 22.0. The van der Waals surface area contributed by atoms with Gasteiger partial charge in [0.05, 0.1) is 36.9 Å². The second-order valence-electron chi connectivity index (χ2n) is 9.77. The monoisotopic (exact) mass is 550 g/mol. The van der Waals surface area contributed by atoms with Gasteiger partial charge in [0.15, 0.2) is 6.10 Å². The Morgan fingerprint density at radius 2 is 1.82 bits per heavy atom. The highest BCUT2D eigenvalue weighted by Crippen LogP contribution is 2.22. The van der Waals surface area contributed by atoms with Gasteiger partial charge in [-0.3, -0.25) is 0 Å². The van der Waals surface area contributed by atoms with E-state index >= 15 is 0 Å². The van der Waals surface area contributed by atoms with Gasteiger partial charge in [0, 0.05) is 26.1 Å². The fourth-order valence-corrected chi connectivity index (χ4v) is 5.82. The predicted octanol–water partition coefficient (Wildman–Crippen LogP) is 2.19. The number of aliphatic hydroxyl groups excluding tert-OH is 2. The van der Waals surface area contributed by atoms with Crippen LogP contribution >= 0.6 is 0 Å². The zero-order valence-corrected chi connectivity index (χ0v) is 22.8. The molecule has 3 N–H and O–H groups in total. The first-order valence-electron chi connectivity index (χ1n) is 12.7. The number of benzene rings is 2. The fraction of sp³-hybridized carbons (Fsp3) is 0.519. The van der Waals surface area contributed by atoms with Crippen molar-refractivity contribution in [2.45, 2.75) is 55.9 Å². The largest absolute Gasteiger partial charge is 0.497 e. The lowest BCUT2D eigenvalue weighted by Gasteiger charge is -2.32. The van der Waals surface area contributed by atoms with Crippen molar-refractivity contribution in [2.24, 2.45) is 5.92 Å². The zero-order chi connectivity index (χ0) is 27.7. The molecule has 2 aromatic carbocycles. The van der Waals surface area contributed by atoms with Crippen LogP contribution in [0.1, 0.15) is 25.8 Å². The van der Waals surface area contributed by atoms with Crippen LogP contribution < -0.4 is 10.1 Å². The van der Waals surface area contributed by atoms with E-state index in [1.54, 1.807) is 12.1 Å². The van der Waals surface area contributed by atoms with E-state index < -0.39 is 40.5 Å². The third kappa shape index (κ3) is 8.40. The van der Waals surface area contributed by atoms with Gasteiger partial charge in [-0.15, -0.1) is 0 Å². The van der Waals surface area contributed by atoms with Crippen LogP contribution in [0.15, 0.2) is 59.5 Å². The van der Waals surface area contributed by atoms with Crippen LogP contribution in [-0.4, -0.2) is 86.8 Å². The molecule has 38 heavy (non-hydrogen) atoms. The number of sulfonamides is 1. The van der Waals surface area contributed by atoms with E-state index in [9.17, 15) is 23.4 Å². The Morgan fingerprint density at radius 3 is 2.42 bits per heavy atom. The van der Waals surface area contributed by atoms with Gasteiger partial charge in [-0.05, 0) is 42.2 Å². The Balaban J connectivity index is 1.80. The molecule has 3 rings (SSSR count). The minimum absolute atomic E-state index is 0.0199. The molecule has 4 atom stereocenters. The molecular weight excluding hydrogens is 512 g/mol. The number of carbonyl (C=O) groups is 1. The lowest BCUT2D eigenvalue weighted by atomic mass is 10.0. The summed E-state index contributed by atoms with van der Waals surface area (Å²) in [6, 6.07) is 14.4. The number of nitrogens with one attached hydrogen (secondary N) is 1. The van der Waals surface area contributed by atoms with Crippen molar-refractivity contribution >= 4 is 16.1 Å². The summed E-state index contributed by atoms with van der Waals surface area (Å²) in [4.78, 5) is 12.8. The Bertz CT molecular complexity index is 1110. The van der Waals surface area contributed by atoms with Gasteiger partial charge < -0.3 is 29.7 Å². The standard InChI is InChI=1S/C27H38N2O8S/c1-19(2)16-29(38(33,34)22-11-9-21(35-3)10-12-22)17-25(31)23(15-20-7-5-4-6-8-20)28-27(32)37-26-18-36-14-13-24(26)30/h4-12,19,23-26,30-31H,13-18H2,1-3H3,(H,28,32)/t23-,24?,25+,26?/m0/s1. The van der Waals surface area contributed by atoms with Gasteiger partial charge in [-0.25, -0.2) is 13.2 Å². The lowest BCUT2D eigenvalue weighted by Crippen LogP contribution is -2.52. The quantitative estimate of drug-likeness (QED) is 0.366. The summed E-state index contributed by atoms with van der Waals surface area (Å²) >= 11 is 0. The highest BCUT2D eigenvalue weighted by Gasteiger charge is 2.33. The Kier molecular flexibility index (Phi) is 10.9. The summed E-state index contributed by atoms with van der Waals surface area (Å²) in [5, 5.41) is 24.1. The minimum atomic E-state index is -3.96. The van der Waals surface area contributed by atoms with Crippen LogP contribution in [0.25, 0.3) is 0 Å². The Labute approximate surface area is 224 Å². The van der Waals surface area contributed by atoms with E-state index in [0.29, 0.717) is 18.8 Å². The van der Waals surface area contributed by atoms with Crippen LogP contribution in [0, 0.1) is 5.92 Å². The summed E-state index contributed by atoms with van der Waals surface area (Å²) in [5.74, 6) is 0.507. The van der Waals surface area contributed by atoms with Crippen molar-refractivity contribution in [3.05, 3.63) is 60.2 Å². The van der Waals surface area contributed by atoms with Crippen molar-refractivity contribution in [3.63, 3.8) is 0 Å². The van der Waals surface area contributed by atoms with E-state index in [-0.39, 0.29) is 36.9 Å². The average Bonchev–Trinajstić information content (AvgIpc) is 2.89. The highest BCUT2D eigenvalue weighted by molar-refractivity contribution is 7.89. The minimum Gasteiger partial charge on any atom is -0.497 e. The molecule has 0 aliphatic carbocycles. The molecule has 1 aliphatic rings. The normalized spacial score (nSPS) is 19.7. The van der Waals surface area contributed by atoms with Gasteiger partial charge in [-0.1, -0.05) is 44.2 Å². The summed E-state index contributed by atoms with van der Waals surface area (Å²) in [6.45, 7) is 4.14. The van der Waals surface area contributed by atoms with Crippen molar-refractivity contribution in [3.8, 4) is 5.75 Å². The highest BCUT2D eigenvalue weighted by atomic mass is 32.2. The summed E-state index contributed by atoms with van der Waals surface area (Å²) in [6.07, 6.45) is -3.18. The molecule has 0 aromatic heterocycles. The lowest BCUT2D eigenvalue weighted by molar-refractivity contribution is -0.0903. The fourth-order valence-electron chi connectivity index (χ4n) is 4.20. The van der Waals surface area contributed by atoms with Crippen LogP contribution in [0.4, 0.5) is 4.79 Å². The molecule has 10 nitrogen and oxygen atoms in total. The number of rotatable bonds is 12. The SMILES string of the molecule is COc1ccc(S(=O)(=O)N(CC(C)C)C[C@@H](O)[C@H](Cc2ccccc2)NC(=O)OC2COCCC2O)cc1. The Hall–Kier alpha value is -2.70. The maximum Gasteiger partial charge on any atom is 0.407 e. The number of nitrogens with zero attached hydrogens (tertiary/aromatic N) is 1. The first-order chi connectivity index (χ1) is 18.1. The molecule has 1 heterocycles. The van der Waals surface area contributed by atoms with Gasteiger partial charge in [-0.2, -0.15) is 4.31 Å². The van der Waals surface area contributed by atoms with E-state index in [1.165, 1.54) is 23.5 Å². The average molecular weight is 551 g/mol. The van der Waals surface area contributed by atoms with E-state index in [2.05, 4.69) is 5.32 Å². The molecular formula is C27H38N2O8S. The van der Waals surface area contributed by atoms with Crippen molar-refractivity contribution in [2.75, 3.05) is 33.4 Å². The van der Waals surface area contributed by atoms with Crippen LogP contribution in [0.3, 0.4) is 0 Å². The molecule has 0 radical (unpaired) electrons. The first-order valence-corrected chi connectivity index (χ1v) is 14.1. The number of hydrogen-bond acceptors (Lipinski definition) is 8. The Morgan fingerprint density at radius 1 is 1.13 bits per heavy atom. The smallest absolute Gasteiger partial charge is 0.407 e. The van der Waals surface area contributed by atoms with Gasteiger partial charge in [0.1, 0.15) is 5.75 Å². The molecule has 0 bridgehead atoms. The summed E-state index contributed by atoms with van der Waals surface area (Å²) in [5.41, 5.74) is 0.839. The van der Waals surface area contributed by atoms with E-state index in [1.807, 2.05) is 44.2 Å². The second-order valence-corrected chi connectivity index (χ2v) is 11.7. The van der Waals surface area contributed by atoms with Crippen LogP contribution in [0.5, 0.6) is 5.75 Å². The molecule has 2 unspecified atom stereocenters. The van der Waals surface area contributed by atoms with Crippen molar-refractivity contribution in [1.29, 1.82) is 0 Å². The maximum atomic E-state index is 13.5. The molecule has 1 aliphatic heterocycles. The number of carbonyl (C=O) groups excluding carboxylic acids is 1.